The van der Waals surface area contributed by atoms with Gasteiger partial charge in [0.1, 0.15) is 0 Å². The number of amides is 2. The second kappa shape index (κ2) is 9.67. The molecule has 0 aliphatic carbocycles. The van der Waals surface area contributed by atoms with Gasteiger partial charge >= 0.3 is 5.91 Å². The van der Waals surface area contributed by atoms with E-state index in [4.69, 9.17) is 0 Å². The van der Waals surface area contributed by atoms with E-state index in [9.17, 15) is 14.4 Å². The number of hydrogen-bond donors (Lipinski definition) is 0. The van der Waals surface area contributed by atoms with E-state index in [-0.39, 0.29) is 5.91 Å². The zero-order valence-corrected chi connectivity index (χ0v) is 16.9. The summed E-state index contributed by atoms with van der Waals surface area (Å²) in [5.41, 5.74) is 0.628. The van der Waals surface area contributed by atoms with Crippen LogP contribution in [0.3, 0.4) is 0 Å². The highest BCUT2D eigenvalue weighted by molar-refractivity contribution is 6.38. The van der Waals surface area contributed by atoms with Gasteiger partial charge in [-0.05, 0) is 37.7 Å². The lowest BCUT2D eigenvalue weighted by molar-refractivity contribution is -0.164. The van der Waals surface area contributed by atoms with Crippen molar-refractivity contribution >= 4 is 17.6 Å². The van der Waals surface area contributed by atoms with Gasteiger partial charge in [-0.25, -0.2) is 5.01 Å². The van der Waals surface area contributed by atoms with E-state index < -0.39 is 17.1 Å². The molecule has 0 bridgehead atoms. The second-order valence-electron chi connectivity index (χ2n) is 7.91. The zero-order valence-electron chi connectivity index (χ0n) is 16.9. The fraction of sp³-hybridized carbons (Fsp3) is 0.591. The Balaban J connectivity index is 1.79. The zero-order chi connectivity index (χ0) is 19.9. The number of hydrazine groups is 1. The van der Waals surface area contributed by atoms with E-state index in [1.54, 1.807) is 13.8 Å². The summed E-state index contributed by atoms with van der Waals surface area (Å²) >= 11 is 0. The molecule has 0 aromatic heterocycles. The van der Waals surface area contributed by atoms with Gasteiger partial charge in [-0.1, -0.05) is 57.5 Å². The van der Waals surface area contributed by atoms with Crippen LogP contribution in [0.4, 0.5) is 0 Å². The number of Topliss-reactive ketones (excluding diaryl/α,β-unsaturated/α-hetero) is 1. The Kier molecular flexibility index (Phi) is 7.57. The van der Waals surface area contributed by atoms with E-state index >= 15 is 0 Å². The monoisotopic (exact) mass is 372 g/mol. The molecule has 2 amide bonds. The van der Waals surface area contributed by atoms with Crippen LogP contribution in [-0.4, -0.2) is 40.7 Å². The smallest absolute Gasteiger partial charge is 0.288 e. The molecule has 1 heterocycles. The van der Waals surface area contributed by atoms with Crippen LogP contribution >= 0.6 is 0 Å². The van der Waals surface area contributed by atoms with Crippen LogP contribution in [0.2, 0.25) is 0 Å². The number of nitrogens with zero attached hydrogens (tertiary/aromatic N) is 2. The number of ketones is 1. The van der Waals surface area contributed by atoms with Crippen LogP contribution in [0.15, 0.2) is 30.3 Å². The number of hydrogen-bond acceptors (Lipinski definition) is 3. The van der Waals surface area contributed by atoms with Crippen LogP contribution in [0.25, 0.3) is 0 Å². The molecule has 148 valence electrons. The molecule has 0 spiro atoms. The van der Waals surface area contributed by atoms with E-state index in [0.29, 0.717) is 25.9 Å². The van der Waals surface area contributed by atoms with Crippen molar-refractivity contribution < 1.29 is 14.4 Å². The van der Waals surface area contributed by atoms with E-state index in [0.717, 1.165) is 32.1 Å². The van der Waals surface area contributed by atoms with Crippen molar-refractivity contribution in [3.8, 4) is 0 Å². The highest BCUT2D eigenvalue weighted by Crippen LogP contribution is 2.24. The van der Waals surface area contributed by atoms with Crippen molar-refractivity contribution in [3.63, 3.8) is 0 Å². The summed E-state index contributed by atoms with van der Waals surface area (Å²) in [4.78, 5) is 37.6. The molecule has 2 rings (SSSR count). The van der Waals surface area contributed by atoms with Crippen LogP contribution in [0, 0.1) is 5.41 Å². The quantitative estimate of drug-likeness (QED) is 0.490. The minimum absolute atomic E-state index is 0.0531. The number of unbranched alkanes of at least 4 members (excludes halogenated alkanes) is 2. The molecular weight excluding hydrogens is 340 g/mol. The molecule has 1 aromatic carbocycles. The highest BCUT2D eigenvalue weighted by Gasteiger charge is 2.39. The lowest BCUT2D eigenvalue weighted by Gasteiger charge is -2.30. The summed E-state index contributed by atoms with van der Waals surface area (Å²) in [7, 11) is 0. The number of carbonyl (C=O) groups excluding carboxylic acids is 3. The van der Waals surface area contributed by atoms with E-state index in [2.05, 4.69) is 12.1 Å². The molecule has 5 heteroatoms. The third kappa shape index (κ3) is 5.65. The number of aryl methyl sites for hydroxylation is 1. The molecule has 0 N–H and O–H groups in total. The first kappa shape index (κ1) is 21.1. The van der Waals surface area contributed by atoms with Gasteiger partial charge in [0, 0.05) is 24.9 Å². The SMILES string of the molecule is CCC(C)(C)C(=O)C(=O)N1CCCN1C(=O)CCCCCc1ccccc1. The van der Waals surface area contributed by atoms with Crippen molar-refractivity contribution in [1.29, 1.82) is 0 Å². The van der Waals surface area contributed by atoms with Crippen molar-refractivity contribution in [2.45, 2.75) is 65.7 Å². The topological polar surface area (TPSA) is 57.7 Å². The maximum absolute atomic E-state index is 12.6. The summed E-state index contributed by atoms with van der Waals surface area (Å²) in [6, 6.07) is 10.3. The molecule has 1 aromatic rings. The Hall–Kier alpha value is -2.17. The van der Waals surface area contributed by atoms with E-state index in [1.807, 2.05) is 25.1 Å². The Morgan fingerprint density at radius 2 is 1.63 bits per heavy atom. The fourth-order valence-corrected chi connectivity index (χ4v) is 3.21. The van der Waals surface area contributed by atoms with Crippen molar-refractivity contribution in [1.82, 2.24) is 10.0 Å². The van der Waals surface area contributed by atoms with Crippen LogP contribution in [-0.2, 0) is 20.8 Å². The van der Waals surface area contributed by atoms with Crippen molar-refractivity contribution in [2.75, 3.05) is 13.1 Å². The third-order valence-corrected chi connectivity index (χ3v) is 5.45. The minimum Gasteiger partial charge on any atom is -0.288 e. The molecule has 27 heavy (non-hydrogen) atoms. The first-order chi connectivity index (χ1) is 12.9. The van der Waals surface area contributed by atoms with Gasteiger partial charge in [0.15, 0.2) is 0 Å². The molecule has 5 nitrogen and oxygen atoms in total. The van der Waals surface area contributed by atoms with Gasteiger partial charge in [-0.2, -0.15) is 0 Å². The average Bonchev–Trinajstić information content (AvgIpc) is 3.17. The number of carbonyl (C=O) groups is 3. The molecule has 1 aliphatic heterocycles. The van der Waals surface area contributed by atoms with Gasteiger partial charge < -0.3 is 0 Å². The molecule has 1 saturated heterocycles. The van der Waals surface area contributed by atoms with Gasteiger partial charge in [0.05, 0.1) is 0 Å². The molecule has 1 fully saturated rings. The Bertz CT molecular complexity index is 655. The Morgan fingerprint density at radius 1 is 0.963 bits per heavy atom. The highest BCUT2D eigenvalue weighted by atomic mass is 16.2. The Morgan fingerprint density at radius 3 is 2.30 bits per heavy atom. The van der Waals surface area contributed by atoms with Gasteiger partial charge in [0.2, 0.25) is 11.7 Å². The summed E-state index contributed by atoms with van der Waals surface area (Å²) in [6.45, 7) is 6.43. The third-order valence-electron chi connectivity index (χ3n) is 5.45. The van der Waals surface area contributed by atoms with Gasteiger partial charge in [0.25, 0.3) is 0 Å². The maximum atomic E-state index is 12.6. The Labute approximate surface area is 162 Å². The standard InChI is InChI=1S/C22H32N2O3/c1-4-22(2,3)20(26)21(27)24-17-11-16-23(24)19(25)15-10-6-9-14-18-12-7-5-8-13-18/h5,7-8,12-13H,4,6,9-11,14-17H2,1-3H3. The predicted octanol–water partition coefficient (Wildman–Crippen LogP) is 3.77. The molecular formula is C22H32N2O3. The lowest BCUT2D eigenvalue weighted by atomic mass is 9.85. The molecule has 1 aliphatic rings. The first-order valence-electron chi connectivity index (χ1n) is 10.1. The second-order valence-corrected chi connectivity index (χ2v) is 7.91. The molecule has 0 radical (unpaired) electrons. The summed E-state index contributed by atoms with van der Waals surface area (Å²) in [5, 5.41) is 2.86. The van der Waals surface area contributed by atoms with Crippen molar-refractivity contribution in [2.24, 2.45) is 5.41 Å². The van der Waals surface area contributed by atoms with Crippen LogP contribution in [0.5, 0.6) is 0 Å². The maximum Gasteiger partial charge on any atom is 0.309 e. The molecule has 0 atom stereocenters. The van der Waals surface area contributed by atoms with Crippen LogP contribution in [0.1, 0.15) is 64.9 Å². The minimum atomic E-state index is -0.689. The molecule has 0 saturated carbocycles. The predicted molar refractivity (Wildman–Crippen MR) is 106 cm³/mol. The fourth-order valence-electron chi connectivity index (χ4n) is 3.21. The summed E-state index contributed by atoms with van der Waals surface area (Å²) < 4.78 is 0. The number of benzene rings is 1. The first-order valence-corrected chi connectivity index (χ1v) is 10.1. The van der Waals surface area contributed by atoms with Gasteiger partial charge in [-0.3, -0.25) is 19.4 Å². The largest absolute Gasteiger partial charge is 0.309 e. The van der Waals surface area contributed by atoms with Crippen molar-refractivity contribution in [3.05, 3.63) is 35.9 Å². The summed E-state index contributed by atoms with van der Waals surface area (Å²) in [6.07, 6.45) is 5.59. The molecule has 0 unspecified atom stereocenters. The van der Waals surface area contributed by atoms with Gasteiger partial charge in [-0.15, -0.1) is 0 Å². The van der Waals surface area contributed by atoms with E-state index in [1.165, 1.54) is 15.6 Å². The summed E-state index contributed by atoms with van der Waals surface area (Å²) in [5.74, 6) is -1.01. The lowest BCUT2D eigenvalue weighted by Crippen LogP contribution is -2.50. The normalized spacial score (nSPS) is 14.5. The average molecular weight is 373 g/mol. The number of rotatable bonds is 9. The van der Waals surface area contributed by atoms with Crippen LogP contribution < -0.4 is 0 Å².